The first-order valence-electron chi connectivity index (χ1n) is 6.58. The van der Waals surface area contributed by atoms with Crippen LogP contribution in [0.2, 0.25) is 10.0 Å². The number of hydrogen-bond acceptors (Lipinski definition) is 3. The monoisotopic (exact) mass is 330 g/mol. The second-order valence-electron chi connectivity index (χ2n) is 4.67. The van der Waals surface area contributed by atoms with E-state index in [4.69, 9.17) is 33.0 Å². The van der Waals surface area contributed by atoms with Crippen molar-refractivity contribution in [3.8, 4) is 0 Å². The van der Waals surface area contributed by atoms with E-state index < -0.39 is 5.97 Å². The van der Waals surface area contributed by atoms with Crippen molar-refractivity contribution in [3.63, 3.8) is 0 Å². The van der Waals surface area contributed by atoms with Crippen LogP contribution in [0.5, 0.6) is 0 Å². The molecule has 0 radical (unpaired) electrons. The molecule has 0 spiro atoms. The molecule has 5 nitrogen and oxygen atoms in total. The van der Waals surface area contributed by atoms with Gasteiger partial charge in [0.05, 0.1) is 27.5 Å². The van der Waals surface area contributed by atoms with Gasteiger partial charge in [-0.25, -0.2) is 4.98 Å². The van der Waals surface area contributed by atoms with Crippen LogP contribution < -0.4 is 0 Å². The molecule has 21 heavy (non-hydrogen) atoms. The van der Waals surface area contributed by atoms with Gasteiger partial charge in [-0.05, 0) is 18.6 Å². The van der Waals surface area contributed by atoms with Gasteiger partial charge in [-0.1, -0.05) is 23.2 Å². The molecule has 0 aliphatic heterocycles. The number of hydrogen-bond donors (Lipinski definition) is 1. The second-order valence-corrected chi connectivity index (χ2v) is 5.49. The van der Waals surface area contributed by atoms with Crippen LogP contribution >= 0.6 is 23.2 Å². The number of rotatable bonds is 7. The van der Waals surface area contributed by atoms with Crippen LogP contribution in [0.15, 0.2) is 12.1 Å². The van der Waals surface area contributed by atoms with Gasteiger partial charge in [0.2, 0.25) is 0 Å². The smallest absolute Gasteiger partial charge is 0.305 e. The summed E-state index contributed by atoms with van der Waals surface area (Å²) in [6.07, 6.45) is 1.55. The number of methoxy groups -OCH3 is 1. The van der Waals surface area contributed by atoms with Crippen molar-refractivity contribution in [1.82, 2.24) is 9.55 Å². The van der Waals surface area contributed by atoms with Gasteiger partial charge in [-0.2, -0.15) is 0 Å². The minimum atomic E-state index is -0.847. The van der Waals surface area contributed by atoms with Crippen molar-refractivity contribution in [2.75, 3.05) is 13.7 Å². The Morgan fingerprint density at radius 1 is 1.38 bits per heavy atom. The molecule has 0 amide bonds. The summed E-state index contributed by atoms with van der Waals surface area (Å²) >= 11 is 12.1. The topological polar surface area (TPSA) is 64.4 Å². The third-order valence-corrected chi connectivity index (χ3v) is 3.89. The normalized spacial score (nSPS) is 11.2. The first-order valence-corrected chi connectivity index (χ1v) is 7.33. The van der Waals surface area contributed by atoms with E-state index in [1.165, 1.54) is 0 Å². The van der Waals surface area contributed by atoms with Gasteiger partial charge >= 0.3 is 5.97 Å². The van der Waals surface area contributed by atoms with Gasteiger partial charge in [0.25, 0.3) is 0 Å². The summed E-state index contributed by atoms with van der Waals surface area (Å²) < 4.78 is 6.93. The molecule has 114 valence electrons. The molecule has 1 aromatic carbocycles. The van der Waals surface area contributed by atoms with Crippen molar-refractivity contribution < 1.29 is 14.6 Å². The number of aliphatic carboxylic acids is 1. The Labute approximate surface area is 132 Å². The predicted molar refractivity (Wildman–Crippen MR) is 82.2 cm³/mol. The quantitative estimate of drug-likeness (QED) is 0.790. The summed E-state index contributed by atoms with van der Waals surface area (Å²) in [5, 5.41) is 9.76. The number of ether oxygens (including phenoxy) is 1. The summed E-state index contributed by atoms with van der Waals surface area (Å²) in [5.74, 6) is -0.0265. The molecular formula is C14H16Cl2N2O3. The standard InChI is InChI=1S/C14H16Cl2N2O3/c1-21-6-2-3-13-17-11-7-9(15)10(16)8-12(11)18(13)5-4-14(19)20/h7-8H,2-6H2,1H3,(H,19,20). The number of carboxylic acid groups (broad SMARTS) is 1. The molecular weight excluding hydrogens is 315 g/mol. The van der Waals surface area contributed by atoms with Crippen molar-refractivity contribution >= 4 is 40.2 Å². The van der Waals surface area contributed by atoms with E-state index in [1.807, 2.05) is 4.57 Å². The molecule has 0 aliphatic rings. The maximum Gasteiger partial charge on any atom is 0.305 e. The van der Waals surface area contributed by atoms with E-state index in [0.29, 0.717) is 29.6 Å². The molecule has 2 rings (SSSR count). The molecule has 0 bridgehead atoms. The Kier molecular flexibility index (Phi) is 5.45. The van der Waals surface area contributed by atoms with Gasteiger partial charge in [0, 0.05) is 26.7 Å². The fourth-order valence-electron chi connectivity index (χ4n) is 2.19. The first kappa shape index (κ1) is 16.1. The Morgan fingerprint density at radius 2 is 2.10 bits per heavy atom. The third kappa shape index (κ3) is 3.87. The van der Waals surface area contributed by atoms with E-state index in [2.05, 4.69) is 4.98 Å². The van der Waals surface area contributed by atoms with Crippen molar-refractivity contribution in [2.24, 2.45) is 0 Å². The van der Waals surface area contributed by atoms with Crippen LogP contribution in [0.25, 0.3) is 11.0 Å². The summed E-state index contributed by atoms with van der Waals surface area (Å²) in [4.78, 5) is 15.4. The fraction of sp³-hybridized carbons (Fsp3) is 0.429. The second kappa shape index (κ2) is 7.11. The zero-order chi connectivity index (χ0) is 15.4. The first-order chi connectivity index (χ1) is 10.0. The maximum atomic E-state index is 10.8. The Bertz CT molecular complexity index is 655. The number of imidazole rings is 1. The lowest BCUT2D eigenvalue weighted by atomic mass is 10.3. The van der Waals surface area contributed by atoms with Crippen LogP contribution in [-0.2, 0) is 22.5 Å². The number of aryl methyl sites for hydroxylation is 2. The Morgan fingerprint density at radius 3 is 2.76 bits per heavy atom. The van der Waals surface area contributed by atoms with Crippen molar-refractivity contribution in [3.05, 3.63) is 28.0 Å². The van der Waals surface area contributed by atoms with Crippen molar-refractivity contribution in [2.45, 2.75) is 25.8 Å². The molecule has 1 aromatic heterocycles. The molecule has 0 unspecified atom stereocenters. The molecule has 0 atom stereocenters. The minimum absolute atomic E-state index is 0.0307. The lowest BCUT2D eigenvalue weighted by Crippen LogP contribution is -2.09. The van der Waals surface area contributed by atoms with E-state index >= 15 is 0 Å². The number of fused-ring (bicyclic) bond motifs is 1. The number of nitrogens with zero attached hydrogens (tertiary/aromatic N) is 2. The number of benzene rings is 1. The fourth-order valence-corrected chi connectivity index (χ4v) is 2.51. The lowest BCUT2D eigenvalue weighted by molar-refractivity contribution is -0.137. The average Bonchev–Trinajstić information content (AvgIpc) is 2.74. The maximum absolute atomic E-state index is 10.8. The molecule has 1 N–H and O–H groups in total. The van der Waals surface area contributed by atoms with E-state index in [0.717, 1.165) is 23.3 Å². The summed E-state index contributed by atoms with van der Waals surface area (Å²) in [7, 11) is 1.65. The summed E-state index contributed by atoms with van der Waals surface area (Å²) in [6, 6.07) is 3.43. The van der Waals surface area contributed by atoms with E-state index in [-0.39, 0.29) is 6.42 Å². The molecule has 0 aliphatic carbocycles. The Hall–Kier alpha value is -1.30. The summed E-state index contributed by atoms with van der Waals surface area (Å²) in [5.41, 5.74) is 1.53. The van der Waals surface area contributed by atoms with Gasteiger partial charge in [0.1, 0.15) is 5.82 Å². The highest BCUT2D eigenvalue weighted by Crippen LogP contribution is 2.28. The van der Waals surface area contributed by atoms with Crippen LogP contribution in [0, 0.1) is 0 Å². The van der Waals surface area contributed by atoms with Crippen LogP contribution in [0.4, 0.5) is 0 Å². The molecule has 2 aromatic rings. The molecule has 1 heterocycles. The van der Waals surface area contributed by atoms with Crippen LogP contribution in [-0.4, -0.2) is 34.3 Å². The number of carbonyl (C=O) groups is 1. The minimum Gasteiger partial charge on any atom is -0.481 e. The van der Waals surface area contributed by atoms with Gasteiger partial charge in [-0.15, -0.1) is 0 Å². The van der Waals surface area contributed by atoms with E-state index in [9.17, 15) is 4.79 Å². The third-order valence-electron chi connectivity index (χ3n) is 3.17. The molecule has 0 saturated carbocycles. The number of halogens is 2. The van der Waals surface area contributed by atoms with Crippen LogP contribution in [0.3, 0.4) is 0 Å². The van der Waals surface area contributed by atoms with Gasteiger partial charge < -0.3 is 14.4 Å². The van der Waals surface area contributed by atoms with Crippen molar-refractivity contribution in [1.29, 1.82) is 0 Å². The summed E-state index contributed by atoms with van der Waals surface area (Å²) in [6.45, 7) is 0.982. The molecule has 0 fully saturated rings. The highest BCUT2D eigenvalue weighted by atomic mass is 35.5. The lowest BCUT2D eigenvalue weighted by Gasteiger charge is -2.08. The molecule has 7 heteroatoms. The van der Waals surface area contributed by atoms with Gasteiger partial charge in [0.15, 0.2) is 0 Å². The average molecular weight is 331 g/mol. The number of carboxylic acids is 1. The van der Waals surface area contributed by atoms with Gasteiger partial charge in [-0.3, -0.25) is 4.79 Å². The zero-order valence-electron chi connectivity index (χ0n) is 11.6. The van der Waals surface area contributed by atoms with Crippen LogP contribution in [0.1, 0.15) is 18.7 Å². The zero-order valence-corrected chi connectivity index (χ0v) is 13.1. The largest absolute Gasteiger partial charge is 0.481 e. The SMILES string of the molecule is COCCCc1nc2cc(Cl)c(Cl)cc2n1CCC(=O)O. The molecule has 0 saturated heterocycles. The van der Waals surface area contributed by atoms with E-state index in [1.54, 1.807) is 19.2 Å². The highest BCUT2D eigenvalue weighted by Gasteiger charge is 2.14. The Balaban J connectivity index is 2.39. The highest BCUT2D eigenvalue weighted by molar-refractivity contribution is 6.42. The predicted octanol–water partition coefficient (Wildman–Crippen LogP) is 3.40. The number of aromatic nitrogens is 2.